The van der Waals surface area contributed by atoms with E-state index in [1.54, 1.807) is 18.2 Å². The summed E-state index contributed by atoms with van der Waals surface area (Å²) in [6.07, 6.45) is 0. The van der Waals surface area contributed by atoms with E-state index in [9.17, 15) is 13.2 Å². The zero-order chi connectivity index (χ0) is 22.4. The van der Waals surface area contributed by atoms with E-state index in [2.05, 4.69) is 5.32 Å². The van der Waals surface area contributed by atoms with Gasteiger partial charge in [0.2, 0.25) is 15.9 Å². The van der Waals surface area contributed by atoms with Crippen molar-refractivity contribution in [3.63, 3.8) is 0 Å². The van der Waals surface area contributed by atoms with Gasteiger partial charge in [0.15, 0.2) is 0 Å². The van der Waals surface area contributed by atoms with Crippen molar-refractivity contribution in [1.82, 2.24) is 9.62 Å². The van der Waals surface area contributed by atoms with E-state index in [1.165, 1.54) is 24.3 Å². The van der Waals surface area contributed by atoms with Crippen molar-refractivity contribution in [2.75, 3.05) is 6.54 Å². The Bertz CT molecular complexity index is 1150. The van der Waals surface area contributed by atoms with E-state index >= 15 is 0 Å². The molecule has 3 aromatic carbocycles. The van der Waals surface area contributed by atoms with Crippen LogP contribution in [0.15, 0.2) is 77.7 Å². The zero-order valence-corrected chi connectivity index (χ0v) is 19.3. The number of hydrogen-bond acceptors (Lipinski definition) is 3. The minimum atomic E-state index is -3.98. The average molecular weight is 498 g/mol. The summed E-state index contributed by atoms with van der Waals surface area (Å²) in [6.45, 7) is -0.125. The van der Waals surface area contributed by atoms with Gasteiger partial charge in [-0.3, -0.25) is 4.79 Å². The van der Waals surface area contributed by atoms with Crippen molar-refractivity contribution in [3.8, 4) is 0 Å². The predicted molar refractivity (Wildman–Crippen MR) is 124 cm³/mol. The summed E-state index contributed by atoms with van der Waals surface area (Å²) in [5, 5.41) is 3.83. The van der Waals surface area contributed by atoms with Crippen LogP contribution in [0.5, 0.6) is 0 Å². The van der Waals surface area contributed by atoms with Crippen molar-refractivity contribution in [3.05, 3.63) is 99.0 Å². The molecular formula is C22H19Cl3N2O3S. The highest BCUT2D eigenvalue weighted by Crippen LogP contribution is 2.25. The highest BCUT2D eigenvalue weighted by molar-refractivity contribution is 7.89. The van der Waals surface area contributed by atoms with Crippen molar-refractivity contribution in [2.24, 2.45) is 0 Å². The molecule has 1 amide bonds. The number of amides is 1. The number of nitrogens with zero attached hydrogens (tertiary/aromatic N) is 1. The summed E-state index contributed by atoms with van der Waals surface area (Å²) >= 11 is 17.9. The zero-order valence-electron chi connectivity index (χ0n) is 16.3. The highest BCUT2D eigenvalue weighted by Gasteiger charge is 2.27. The first kappa shape index (κ1) is 23.6. The molecule has 0 atom stereocenters. The summed E-state index contributed by atoms with van der Waals surface area (Å²) in [5.41, 5.74) is 1.51. The molecule has 0 spiro atoms. The lowest BCUT2D eigenvalue weighted by molar-refractivity contribution is -0.121. The lowest BCUT2D eigenvalue weighted by atomic mass is 10.2. The fraction of sp³-hybridized carbons (Fsp3) is 0.136. The quantitative estimate of drug-likeness (QED) is 0.468. The number of benzene rings is 3. The van der Waals surface area contributed by atoms with Crippen LogP contribution in [0, 0.1) is 0 Å². The van der Waals surface area contributed by atoms with Crippen LogP contribution >= 0.6 is 34.8 Å². The van der Waals surface area contributed by atoms with Crippen molar-refractivity contribution in [1.29, 1.82) is 0 Å². The summed E-state index contributed by atoms with van der Waals surface area (Å²) < 4.78 is 27.6. The summed E-state index contributed by atoms with van der Waals surface area (Å²) in [4.78, 5) is 12.6. The lowest BCUT2D eigenvalue weighted by Gasteiger charge is -2.22. The molecule has 0 bridgehead atoms. The third-order valence-electron chi connectivity index (χ3n) is 4.45. The molecule has 5 nitrogen and oxygen atoms in total. The molecule has 0 aliphatic heterocycles. The van der Waals surface area contributed by atoms with Gasteiger partial charge in [-0.25, -0.2) is 8.42 Å². The monoisotopic (exact) mass is 496 g/mol. The molecule has 0 aliphatic rings. The minimum Gasteiger partial charge on any atom is -0.351 e. The van der Waals surface area contributed by atoms with Crippen LogP contribution in [0.4, 0.5) is 0 Å². The van der Waals surface area contributed by atoms with Gasteiger partial charge in [0.25, 0.3) is 0 Å². The van der Waals surface area contributed by atoms with E-state index in [-0.39, 0.29) is 18.0 Å². The summed E-state index contributed by atoms with van der Waals surface area (Å²) in [5.74, 6) is -0.429. The minimum absolute atomic E-state index is 0.0350. The van der Waals surface area contributed by atoms with Gasteiger partial charge in [0, 0.05) is 18.1 Å². The molecule has 0 aliphatic carbocycles. The van der Waals surface area contributed by atoms with Gasteiger partial charge in [0.05, 0.1) is 21.5 Å². The van der Waals surface area contributed by atoms with Gasteiger partial charge in [-0.05, 0) is 47.5 Å². The van der Waals surface area contributed by atoms with Crippen molar-refractivity contribution >= 4 is 50.7 Å². The number of rotatable bonds is 8. The van der Waals surface area contributed by atoms with Gasteiger partial charge in [-0.2, -0.15) is 4.31 Å². The van der Waals surface area contributed by atoms with E-state index in [0.717, 1.165) is 9.87 Å². The maximum absolute atomic E-state index is 13.3. The van der Waals surface area contributed by atoms with Crippen LogP contribution < -0.4 is 5.32 Å². The SMILES string of the molecule is O=C(CN(Cc1ccc(Cl)c(Cl)c1)S(=O)(=O)c1ccc(Cl)cc1)NCc1ccccc1. The van der Waals surface area contributed by atoms with Crippen LogP contribution in [0.1, 0.15) is 11.1 Å². The third kappa shape index (κ3) is 6.45. The Hall–Kier alpha value is -2.09. The van der Waals surface area contributed by atoms with Crippen molar-refractivity contribution in [2.45, 2.75) is 18.0 Å². The standard InChI is InChI=1S/C22H19Cl3N2O3S/c23-18-7-9-19(10-8-18)31(29,30)27(14-17-6-11-20(24)21(25)12-17)15-22(28)26-13-16-4-2-1-3-5-16/h1-12H,13-15H2,(H,26,28). The number of hydrogen-bond donors (Lipinski definition) is 1. The van der Waals surface area contributed by atoms with Gasteiger partial charge in [0.1, 0.15) is 0 Å². The molecule has 0 saturated carbocycles. The fourth-order valence-corrected chi connectivity index (χ4v) is 4.67. The number of nitrogens with one attached hydrogen (secondary N) is 1. The second-order valence-corrected chi connectivity index (χ2v) is 9.93. The number of halogens is 3. The molecule has 9 heteroatoms. The van der Waals surface area contributed by atoms with Gasteiger partial charge in [-0.1, -0.05) is 71.2 Å². The molecule has 0 unspecified atom stereocenters. The molecule has 3 aromatic rings. The van der Waals surface area contributed by atoms with Gasteiger partial charge < -0.3 is 5.32 Å². The molecule has 0 aromatic heterocycles. The van der Waals surface area contributed by atoms with Gasteiger partial charge in [-0.15, -0.1) is 0 Å². The van der Waals surface area contributed by atoms with E-state index < -0.39 is 15.9 Å². The molecule has 0 heterocycles. The fourth-order valence-electron chi connectivity index (χ4n) is 2.84. The first-order chi connectivity index (χ1) is 14.8. The van der Waals surface area contributed by atoms with Crippen LogP contribution in [0.2, 0.25) is 15.1 Å². The van der Waals surface area contributed by atoms with Crippen LogP contribution in [-0.2, 0) is 27.9 Å². The molecule has 3 rings (SSSR count). The topological polar surface area (TPSA) is 66.5 Å². The Labute approximate surface area is 196 Å². The normalized spacial score (nSPS) is 11.5. The molecule has 0 saturated heterocycles. The Morgan fingerprint density at radius 2 is 1.52 bits per heavy atom. The Morgan fingerprint density at radius 3 is 2.16 bits per heavy atom. The Morgan fingerprint density at radius 1 is 0.839 bits per heavy atom. The molecule has 162 valence electrons. The van der Waals surface area contributed by atoms with Crippen LogP contribution in [0.3, 0.4) is 0 Å². The second kappa shape index (κ2) is 10.5. The van der Waals surface area contributed by atoms with E-state index in [1.807, 2.05) is 30.3 Å². The summed E-state index contributed by atoms with van der Waals surface area (Å²) in [6, 6.07) is 20.0. The number of carbonyl (C=O) groups is 1. The molecule has 0 fully saturated rings. The maximum Gasteiger partial charge on any atom is 0.243 e. The first-order valence-corrected chi connectivity index (χ1v) is 11.8. The lowest BCUT2D eigenvalue weighted by Crippen LogP contribution is -2.40. The Kier molecular flexibility index (Phi) is 7.97. The maximum atomic E-state index is 13.3. The first-order valence-electron chi connectivity index (χ1n) is 9.26. The van der Waals surface area contributed by atoms with Gasteiger partial charge >= 0.3 is 0 Å². The average Bonchev–Trinajstić information content (AvgIpc) is 2.75. The van der Waals surface area contributed by atoms with E-state index in [4.69, 9.17) is 34.8 Å². The molecule has 0 radical (unpaired) electrons. The highest BCUT2D eigenvalue weighted by atomic mass is 35.5. The number of carbonyl (C=O) groups excluding carboxylic acids is 1. The molecular weight excluding hydrogens is 479 g/mol. The summed E-state index contributed by atoms with van der Waals surface area (Å²) in [7, 11) is -3.98. The largest absolute Gasteiger partial charge is 0.351 e. The smallest absolute Gasteiger partial charge is 0.243 e. The van der Waals surface area contributed by atoms with Crippen LogP contribution in [0.25, 0.3) is 0 Å². The molecule has 31 heavy (non-hydrogen) atoms. The van der Waals surface area contributed by atoms with E-state index in [0.29, 0.717) is 27.2 Å². The molecule has 1 N–H and O–H groups in total. The number of sulfonamides is 1. The second-order valence-electron chi connectivity index (χ2n) is 6.74. The Balaban J connectivity index is 1.83. The van der Waals surface area contributed by atoms with Crippen molar-refractivity contribution < 1.29 is 13.2 Å². The third-order valence-corrected chi connectivity index (χ3v) is 7.24. The predicted octanol–water partition coefficient (Wildman–Crippen LogP) is 5.15. The van der Waals surface area contributed by atoms with Crippen LogP contribution in [-0.4, -0.2) is 25.2 Å².